The van der Waals surface area contributed by atoms with Gasteiger partial charge in [0.05, 0.1) is 11.5 Å². The summed E-state index contributed by atoms with van der Waals surface area (Å²) in [6, 6.07) is -0.103. The van der Waals surface area contributed by atoms with Gasteiger partial charge in [-0.1, -0.05) is 0 Å². The number of alkyl halides is 3. The summed E-state index contributed by atoms with van der Waals surface area (Å²) in [6.45, 7) is -1.80. The van der Waals surface area contributed by atoms with Crippen LogP contribution < -0.4 is 5.32 Å². The Morgan fingerprint density at radius 3 is 1.93 bits per heavy atom. The predicted molar refractivity (Wildman–Crippen MR) is 49.5 cm³/mol. The Kier molecular flexibility index (Phi) is 6.11. The van der Waals surface area contributed by atoms with Crippen molar-refractivity contribution >= 4 is 0 Å². The maximum absolute atomic E-state index is 12.5. The van der Waals surface area contributed by atoms with E-state index in [-0.39, 0.29) is 12.5 Å². The normalized spacial score (nSPS) is 16.7. The summed E-state index contributed by atoms with van der Waals surface area (Å²) in [7, 11) is 1.67. The van der Waals surface area contributed by atoms with Crippen LogP contribution in [0.2, 0.25) is 0 Å². The van der Waals surface area contributed by atoms with E-state index in [9.17, 15) is 18.3 Å². The molecule has 0 saturated carbocycles. The summed E-state index contributed by atoms with van der Waals surface area (Å²) in [5.41, 5.74) is -1.87. The fraction of sp³-hybridized carbons (Fsp3) is 1.00. The van der Waals surface area contributed by atoms with Crippen molar-refractivity contribution in [3.05, 3.63) is 0 Å². The van der Waals surface area contributed by atoms with Gasteiger partial charge in [-0.3, -0.25) is 13.2 Å². The van der Waals surface area contributed by atoms with Gasteiger partial charge in [0.2, 0.25) is 0 Å². The van der Waals surface area contributed by atoms with Crippen molar-refractivity contribution in [2.24, 2.45) is 5.41 Å². The second-order valence-corrected chi connectivity index (χ2v) is 3.70. The zero-order valence-corrected chi connectivity index (χ0v) is 8.56. The van der Waals surface area contributed by atoms with Gasteiger partial charge in [-0.15, -0.1) is 0 Å². The molecule has 0 heterocycles. The standard InChI is InChI=1S/C9H18F3NO/c1-7(13-2)3-8(14)9(4-10,5-11)6-12/h7-8,13-14H,3-6H2,1-2H3. The van der Waals surface area contributed by atoms with Crippen molar-refractivity contribution in [3.63, 3.8) is 0 Å². The van der Waals surface area contributed by atoms with Crippen LogP contribution in [0, 0.1) is 5.41 Å². The molecule has 0 aliphatic carbocycles. The van der Waals surface area contributed by atoms with Gasteiger partial charge >= 0.3 is 0 Å². The molecule has 2 N–H and O–H groups in total. The van der Waals surface area contributed by atoms with Gasteiger partial charge in [0.25, 0.3) is 0 Å². The molecule has 0 amide bonds. The molecule has 0 rings (SSSR count). The van der Waals surface area contributed by atoms with Crippen LogP contribution in [0.5, 0.6) is 0 Å². The van der Waals surface area contributed by atoms with E-state index in [0.29, 0.717) is 0 Å². The third-order valence-corrected chi connectivity index (χ3v) is 2.57. The van der Waals surface area contributed by atoms with Crippen LogP contribution in [0.3, 0.4) is 0 Å². The lowest BCUT2D eigenvalue weighted by molar-refractivity contribution is -0.0356. The lowest BCUT2D eigenvalue weighted by Crippen LogP contribution is -2.44. The first-order valence-electron chi connectivity index (χ1n) is 4.59. The van der Waals surface area contributed by atoms with Crippen molar-refractivity contribution in [1.82, 2.24) is 5.32 Å². The second kappa shape index (κ2) is 6.24. The molecular weight excluding hydrogens is 195 g/mol. The molecule has 0 aliphatic heterocycles. The minimum absolute atomic E-state index is 0.103. The van der Waals surface area contributed by atoms with E-state index >= 15 is 0 Å². The molecule has 0 aromatic carbocycles. The molecule has 2 atom stereocenters. The third-order valence-electron chi connectivity index (χ3n) is 2.57. The number of aliphatic hydroxyl groups is 1. The van der Waals surface area contributed by atoms with Crippen molar-refractivity contribution < 1.29 is 18.3 Å². The zero-order valence-electron chi connectivity index (χ0n) is 8.56. The Morgan fingerprint density at radius 1 is 1.21 bits per heavy atom. The van der Waals surface area contributed by atoms with E-state index in [4.69, 9.17) is 0 Å². The topological polar surface area (TPSA) is 32.3 Å². The first-order valence-corrected chi connectivity index (χ1v) is 4.59. The molecule has 2 nitrogen and oxygen atoms in total. The van der Waals surface area contributed by atoms with Gasteiger partial charge in [0.1, 0.15) is 20.0 Å². The van der Waals surface area contributed by atoms with E-state index in [1.165, 1.54) is 0 Å². The smallest absolute Gasteiger partial charge is 0.103 e. The van der Waals surface area contributed by atoms with Crippen LogP contribution in [0.15, 0.2) is 0 Å². The molecule has 0 spiro atoms. The van der Waals surface area contributed by atoms with Crippen molar-refractivity contribution in [2.45, 2.75) is 25.5 Å². The van der Waals surface area contributed by atoms with Crippen LogP contribution in [0.25, 0.3) is 0 Å². The molecule has 0 fully saturated rings. The second-order valence-electron chi connectivity index (χ2n) is 3.70. The first-order chi connectivity index (χ1) is 6.56. The molecule has 2 unspecified atom stereocenters. The summed E-state index contributed by atoms with van der Waals surface area (Å²) in [5, 5.41) is 12.3. The van der Waals surface area contributed by atoms with Gasteiger partial charge in [0, 0.05) is 6.04 Å². The summed E-state index contributed by atoms with van der Waals surface area (Å²) in [4.78, 5) is 0. The fourth-order valence-corrected chi connectivity index (χ4v) is 1.08. The Balaban J connectivity index is 4.35. The van der Waals surface area contributed by atoms with Gasteiger partial charge < -0.3 is 10.4 Å². The maximum atomic E-state index is 12.5. The highest BCUT2D eigenvalue weighted by Gasteiger charge is 2.39. The number of hydrogen-bond donors (Lipinski definition) is 2. The average molecular weight is 213 g/mol. The summed E-state index contributed by atoms with van der Waals surface area (Å²) in [5.74, 6) is 0. The maximum Gasteiger partial charge on any atom is 0.103 e. The Morgan fingerprint density at radius 2 is 1.64 bits per heavy atom. The van der Waals surface area contributed by atoms with Crippen LogP contribution in [-0.4, -0.2) is 44.3 Å². The van der Waals surface area contributed by atoms with Crippen LogP contribution in [0.1, 0.15) is 13.3 Å². The zero-order chi connectivity index (χ0) is 11.2. The highest BCUT2D eigenvalue weighted by atomic mass is 19.1. The monoisotopic (exact) mass is 213 g/mol. The van der Waals surface area contributed by atoms with E-state index in [1.807, 2.05) is 0 Å². The van der Waals surface area contributed by atoms with Gasteiger partial charge in [0.15, 0.2) is 0 Å². The van der Waals surface area contributed by atoms with Crippen molar-refractivity contribution in [1.29, 1.82) is 0 Å². The molecule has 0 radical (unpaired) electrons. The molecule has 0 aliphatic rings. The van der Waals surface area contributed by atoms with Crippen molar-refractivity contribution in [3.8, 4) is 0 Å². The summed E-state index contributed by atoms with van der Waals surface area (Å²) >= 11 is 0. The minimum Gasteiger partial charge on any atom is -0.392 e. The number of aliphatic hydroxyl groups excluding tert-OH is 1. The average Bonchev–Trinajstić information content (AvgIpc) is 2.21. The highest BCUT2D eigenvalue weighted by Crippen LogP contribution is 2.27. The van der Waals surface area contributed by atoms with Crippen LogP contribution >= 0.6 is 0 Å². The summed E-state index contributed by atoms with van der Waals surface area (Å²) < 4.78 is 37.4. The number of hydrogen-bond acceptors (Lipinski definition) is 2. The Hall–Kier alpha value is -0.290. The van der Waals surface area contributed by atoms with E-state index in [2.05, 4.69) is 5.32 Å². The molecule has 14 heavy (non-hydrogen) atoms. The number of rotatable bonds is 7. The predicted octanol–water partition coefficient (Wildman–Crippen LogP) is 1.24. The minimum atomic E-state index is -1.87. The van der Waals surface area contributed by atoms with Crippen molar-refractivity contribution in [2.75, 3.05) is 27.1 Å². The first kappa shape index (κ1) is 13.7. The molecule has 0 bridgehead atoms. The Bertz CT molecular complexity index is 145. The van der Waals surface area contributed by atoms with Crippen LogP contribution in [0.4, 0.5) is 13.2 Å². The quantitative estimate of drug-likeness (QED) is 0.667. The fourth-order valence-electron chi connectivity index (χ4n) is 1.08. The number of halogens is 3. The molecule has 86 valence electrons. The summed E-state index contributed by atoms with van der Waals surface area (Å²) in [6.07, 6.45) is -1.17. The SMILES string of the molecule is CNC(C)CC(O)C(CF)(CF)CF. The molecule has 5 heteroatoms. The molecular formula is C9H18F3NO. The molecule has 0 aromatic heterocycles. The van der Waals surface area contributed by atoms with Gasteiger partial charge in [-0.05, 0) is 20.4 Å². The van der Waals surface area contributed by atoms with E-state index in [0.717, 1.165) is 0 Å². The van der Waals surface area contributed by atoms with E-state index < -0.39 is 31.5 Å². The van der Waals surface area contributed by atoms with Crippen LogP contribution in [-0.2, 0) is 0 Å². The largest absolute Gasteiger partial charge is 0.392 e. The third kappa shape index (κ3) is 3.13. The lowest BCUT2D eigenvalue weighted by atomic mass is 9.83. The van der Waals surface area contributed by atoms with Gasteiger partial charge in [-0.25, -0.2) is 0 Å². The lowest BCUT2D eigenvalue weighted by Gasteiger charge is -2.31. The Labute approximate surface area is 82.5 Å². The van der Waals surface area contributed by atoms with E-state index in [1.54, 1.807) is 14.0 Å². The number of nitrogens with one attached hydrogen (secondary N) is 1. The highest BCUT2D eigenvalue weighted by molar-refractivity contribution is 4.87. The van der Waals surface area contributed by atoms with Gasteiger partial charge in [-0.2, -0.15) is 0 Å². The molecule has 0 aromatic rings. The molecule has 0 saturated heterocycles.